The predicted octanol–water partition coefficient (Wildman–Crippen LogP) is 2.21. The Bertz CT molecular complexity index is 463. The van der Waals surface area contributed by atoms with Crippen LogP contribution in [-0.4, -0.2) is 46.8 Å². The number of nitrogens with zero attached hydrogens (tertiary/aromatic N) is 2. The summed E-state index contributed by atoms with van der Waals surface area (Å²) in [6, 6.07) is 6.40. The van der Waals surface area contributed by atoms with Crippen LogP contribution in [0.2, 0.25) is 0 Å². The third kappa shape index (κ3) is 4.68. The molecule has 21 heavy (non-hydrogen) atoms. The molecule has 1 aliphatic heterocycles. The van der Waals surface area contributed by atoms with Crippen LogP contribution in [0.4, 0.5) is 5.69 Å². The van der Waals surface area contributed by atoms with E-state index >= 15 is 0 Å². The van der Waals surface area contributed by atoms with E-state index < -0.39 is 11.0 Å². The summed E-state index contributed by atoms with van der Waals surface area (Å²) in [7, 11) is 0. The third-order valence-corrected chi connectivity index (χ3v) is 3.88. The number of ether oxygens (including phenoxy) is 1. The third-order valence-electron chi connectivity index (χ3n) is 3.88. The molecule has 0 spiro atoms. The van der Waals surface area contributed by atoms with Crippen molar-refractivity contribution in [1.29, 1.82) is 0 Å². The number of benzene rings is 1. The van der Waals surface area contributed by atoms with E-state index in [-0.39, 0.29) is 12.3 Å². The van der Waals surface area contributed by atoms with Gasteiger partial charge in [0.05, 0.1) is 4.92 Å². The molecule has 1 aromatic carbocycles. The number of hydrogen-bond acceptors (Lipinski definition) is 5. The molecule has 0 bridgehead atoms. The van der Waals surface area contributed by atoms with E-state index in [0.29, 0.717) is 18.3 Å². The summed E-state index contributed by atoms with van der Waals surface area (Å²) in [5.74, 6) is 0.534. The number of β-amino-alcohol motifs (C(OH)–C–C–N with tert-alkyl or cyclic N) is 1. The molecule has 0 aromatic heterocycles. The monoisotopic (exact) mass is 294 g/mol. The van der Waals surface area contributed by atoms with E-state index in [1.807, 2.05) is 0 Å². The standard InChI is InChI=1S/C15H22N2O4/c1-12-4-2-3-9-16(12)10-14(18)11-21-15-7-5-13(6-8-15)17(19)20/h5-8,12,14,18H,2-4,9-11H2,1H3/t12-,14+/m1/s1. The zero-order valence-electron chi connectivity index (χ0n) is 12.3. The maximum absolute atomic E-state index is 10.5. The summed E-state index contributed by atoms with van der Waals surface area (Å²) in [4.78, 5) is 12.4. The van der Waals surface area contributed by atoms with Crippen LogP contribution in [0.3, 0.4) is 0 Å². The Morgan fingerprint density at radius 3 is 2.76 bits per heavy atom. The Labute approximate surface area is 124 Å². The van der Waals surface area contributed by atoms with E-state index in [0.717, 1.165) is 6.54 Å². The maximum atomic E-state index is 10.5. The average Bonchev–Trinajstić information content (AvgIpc) is 2.48. The van der Waals surface area contributed by atoms with Gasteiger partial charge in [-0.2, -0.15) is 0 Å². The number of aliphatic hydroxyl groups excluding tert-OH is 1. The topological polar surface area (TPSA) is 75.8 Å². The highest BCUT2D eigenvalue weighted by Gasteiger charge is 2.21. The Morgan fingerprint density at radius 2 is 2.14 bits per heavy atom. The minimum atomic E-state index is -0.555. The predicted molar refractivity (Wildman–Crippen MR) is 79.5 cm³/mol. The zero-order chi connectivity index (χ0) is 15.2. The Balaban J connectivity index is 1.77. The minimum absolute atomic E-state index is 0.0324. The normalized spacial score (nSPS) is 21.0. The first-order chi connectivity index (χ1) is 10.1. The second-order valence-corrected chi connectivity index (χ2v) is 5.56. The van der Waals surface area contributed by atoms with Crippen LogP contribution in [0, 0.1) is 10.1 Å². The summed E-state index contributed by atoms with van der Waals surface area (Å²) in [5, 5.41) is 20.6. The van der Waals surface area contributed by atoms with Crippen LogP contribution < -0.4 is 4.74 Å². The van der Waals surface area contributed by atoms with Gasteiger partial charge in [0.25, 0.3) is 5.69 Å². The van der Waals surface area contributed by atoms with E-state index in [1.165, 1.54) is 31.4 Å². The molecule has 1 saturated heterocycles. The number of nitro benzene ring substituents is 1. The molecule has 0 radical (unpaired) electrons. The van der Waals surface area contributed by atoms with Crippen molar-refractivity contribution in [3.63, 3.8) is 0 Å². The number of nitro groups is 1. The van der Waals surface area contributed by atoms with Gasteiger partial charge < -0.3 is 9.84 Å². The second kappa shape index (κ2) is 7.38. The van der Waals surface area contributed by atoms with Gasteiger partial charge in [-0.1, -0.05) is 6.42 Å². The molecular formula is C15H22N2O4. The smallest absolute Gasteiger partial charge is 0.269 e. The summed E-state index contributed by atoms with van der Waals surface area (Å²) in [5.41, 5.74) is 0.0324. The van der Waals surface area contributed by atoms with Crippen molar-refractivity contribution in [3.8, 4) is 5.75 Å². The number of rotatable bonds is 6. The van der Waals surface area contributed by atoms with E-state index in [2.05, 4.69) is 11.8 Å². The van der Waals surface area contributed by atoms with Gasteiger partial charge in [-0.25, -0.2) is 0 Å². The van der Waals surface area contributed by atoms with E-state index in [4.69, 9.17) is 4.74 Å². The van der Waals surface area contributed by atoms with Crippen molar-refractivity contribution < 1.29 is 14.8 Å². The van der Waals surface area contributed by atoms with Crippen molar-refractivity contribution in [2.24, 2.45) is 0 Å². The fraction of sp³-hybridized carbons (Fsp3) is 0.600. The molecule has 0 amide bonds. The van der Waals surface area contributed by atoms with E-state index in [1.54, 1.807) is 12.1 Å². The fourth-order valence-corrected chi connectivity index (χ4v) is 2.61. The molecule has 1 N–H and O–H groups in total. The molecule has 0 unspecified atom stereocenters. The van der Waals surface area contributed by atoms with Gasteiger partial charge in [-0.3, -0.25) is 15.0 Å². The summed E-state index contributed by atoms with van der Waals surface area (Å²) >= 11 is 0. The van der Waals surface area contributed by atoms with Crippen LogP contribution in [0.5, 0.6) is 5.75 Å². The summed E-state index contributed by atoms with van der Waals surface area (Å²) < 4.78 is 5.48. The molecule has 2 atom stereocenters. The average molecular weight is 294 g/mol. The van der Waals surface area contributed by atoms with Gasteiger partial charge >= 0.3 is 0 Å². The first-order valence-electron chi connectivity index (χ1n) is 7.35. The van der Waals surface area contributed by atoms with Crippen molar-refractivity contribution in [3.05, 3.63) is 34.4 Å². The van der Waals surface area contributed by atoms with Gasteiger partial charge in [0.2, 0.25) is 0 Å². The highest BCUT2D eigenvalue weighted by atomic mass is 16.6. The zero-order valence-corrected chi connectivity index (χ0v) is 12.3. The van der Waals surface area contributed by atoms with Crippen molar-refractivity contribution in [2.45, 2.75) is 38.3 Å². The molecular weight excluding hydrogens is 272 g/mol. The lowest BCUT2D eigenvalue weighted by atomic mass is 10.0. The molecule has 2 rings (SSSR count). The first-order valence-corrected chi connectivity index (χ1v) is 7.35. The summed E-state index contributed by atoms with van der Waals surface area (Å²) in [6.07, 6.45) is 3.06. The lowest BCUT2D eigenvalue weighted by Crippen LogP contribution is -2.43. The second-order valence-electron chi connectivity index (χ2n) is 5.56. The Kier molecular flexibility index (Phi) is 5.52. The van der Waals surface area contributed by atoms with Crippen LogP contribution in [-0.2, 0) is 0 Å². The Morgan fingerprint density at radius 1 is 1.43 bits per heavy atom. The first kappa shape index (κ1) is 15.7. The molecule has 1 heterocycles. The van der Waals surface area contributed by atoms with Crippen molar-refractivity contribution >= 4 is 5.69 Å². The quantitative estimate of drug-likeness (QED) is 0.643. The van der Waals surface area contributed by atoms with Crippen LogP contribution in [0.25, 0.3) is 0 Å². The number of aliphatic hydroxyl groups is 1. The van der Waals surface area contributed by atoms with Gasteiger partial charge in [0.1, 0.15) is 18.5 Å². The van der Waals surface area contributed by atoms with E-state index in [9.17, 15) is 15.2 Å². The van der Waals surface area contributed by atoms with Gasteiger partial charge in [-0.15, -0.1) is 0 Å². The largest absolute Gasteiger partial charge is 0.491 e. The molecule has 116 valence electrons. The van der Waals surface area contributed by atoms with Gasteiger partial charge in [0.15, 0.2) is 0 Å². The molecule has 1 fully saturated rings. The van der Waals surface area contributed by atoms with Crippen LogP contribution in [0.15, 0.2) is 24.3 Å². The van der Waals surface area contributed by atoms with Crippen LogP contribution in [0.1, 0.15) is 26.2 Å². The molecule has 6 heteroatoms. The van der Waals surface area contributed by atoms with Crippen molar-refractivity contribution in [1.82, 2.24) is 4.90 Å². The highest BCUT2D eigenvalue weighted by Crippen LogP contribution is 2.19. The number of likely N-dealkylation sites (tertiary alicyclic amines) is 1. The Hall–Kier alpha value is -1.66. The lowest BCUT2D eigenvalue weighted by molar-refractivity contribution is -0.384. The van der Waals surface area contributed by atoms with Crippen LogP contribution >= 0.6 is 0 Å². The number of piperidine rings is 1. The summed E-state index contributed by atoms with van der Waals surface area (Å²) in [6.45, 7) is 4.01. The number of hydrogen-bond donors (Lipinski definition) is 1. The number of non-ortho nitro benzene ring substituents is 1. The lowest BCUT2D eigenvalue weighted by Gasteiger charge is -2.34. The molecule has 1 aliphatic rings. The molecule has 1 aromatic rings. The highest BCUT2D eigenvalue weighted by molar-refractivity contribution is 5.35. The van der Waals surface area contributed by atoms with Gasteiger partial charge in [0, 0.05) is 24.7 Å². The molecule has 0 aliphatic carbocycles. The van der Waals surface area contributed by atoms with Gasteiger partial charge in [-0.05, 0) is 38.4 Å². The SMILES string of the molecule is C[C@@H]1CCCCN1C[C@H](O)COc1ccc([N+](=O)[O-])cc1. The molecule has 0 saturated carbocycles. The minimum Gasteiger partial charge on any atom is -0.491 e. The maximum Gasteiger partial charge on any atom is 0.269 e. The van der Waals surface area contributed by atoms with Crippen molar-refractivity contribution in [2.75, 3.05) is 19.7 Å². The fourth-order valence-electron chi connectivity index (χ4n) is 2.61. The molecule has 6 nitrogen and oxygen atoms in total.